The van der Waals surface area contributed by atoms with E-state index in [1.807, 2.05) is 6.92 Å². The molecule has 76 valence electrons. The van der Waals surface area contributed by atoms with Gasteiger partial charge < -0.3 is 0 Å². The molecule has 1 aliphatic carbocycles. The smallest absolute Gasteiger partial charge is 0.236 e. The quantitative estimate of drug-likeness (QED) is 0.528. The summed E-state index contributed by atoms with van der Waals surface area (Å²) in [5, 5.41) is 3.99. The van der Waals surface area contributed by atoms with Crippen molar-refractivity contribution in [1.29, 1.82) is 0 Å². The second kappa shape index (κ2) is 4.74. The summed E-state index contributed by atoms with van der Waals surface area (Å²) in [6.45, 7) is 5.49. The highest BCUT2D eigenvalue weighted by molar-refractivity contribution is 5.99. The molecule has 0 spiro atoms. The van der Waals surface area contributed by atoms with Crippen LogP contribution in [0, 0.1) is 0 Å². The highest BCUT2D eigenvalue weighted by Crippen LogP contribution is 2.18. The summed E-state index contributed by atoms with van der Waals surface area (Å²) < 4.78 is 0. The third-order valence-corrected chi connectivity index (χ3v) is 2.20. The van der Waals surface area contributed by atoms with Crippen LogP contribution in [0.1, 0.15) is 33.6 Å². The summed E-state index contributed by atoms with van der Waals surface area (Å²) in [4.78, 5) is 10.6. The lowest BCUT2D eigenvalue weighted by Gasteiger charge is -2.11. The van der Waals surface area contributed by atoms with E-state index in [0.29, 0.717) is 0 Å². The summed E-state index contributed by atoms with van der Waals surface area (Å²) in [6.07, 6.45) is 6.26. The van der Waals surface area contributed by atoms with Crippen molar-refractivity contribution >= 4 is 11.6 Å². The van der Waals surface area contributed by atoms with Crippen LogP contribution in [0.25, 0.3) is 0 Å². The Morgan fingerprint density at radius 2 is 2.07 bits per heavy atom. The maximum Gasteiger partial charge on any atom is 0.236 e. The average Bonchev–Trinajstić information content (AvgIpc) is 2.15. The fourth-order valence-electron chi connectivity index (χ4n) is 1.28. The van der Waals surface area contributed by atoms with E-state index in [1.165, 1.54) is 18.1 Å². The summed E-state index contributed by atoms with van der Waals surface area (Å²) in [5.74, 6) is -0.132. The lowest BCUT2D eigenvalue weighted by molar-refractivity contribution is -0.118. The summed E-state index contributed by atoms with van der Waals surface area (Å²) in [5.41, 5.74) is 5.92. The molecule has 1 amide bonds. The van der Waals surface area contributed by atoms with Crippen molar-refractivity contribution in [1.82, 2.24) is 5.43 Å². The van der Waals surface area contributed by atoms with Gasteiger partial charge in [-0.05, 0) is 32.3 Å². The van der Waals surface area contributed by atoms with Gasteiger partial charge in [-0.25, -0.2) is 5.43 Å². The fourth-order valence-corrected chi connectivity index (χ4v) is 1.28. The molecule has 0 saturated heterocycles. The molecule has 0 aromatic carbocycles. The van der Waals surface area contributed by atoms with Crippen LogP contribution in [-0.4, -0.2) is 11.6 Å². The van der Waals surface area contributed by atoms with Crippen molar-refractivity contribution in [3.05, 3.63) is 23.3 Å². The number of nitrogens with zero attached hydrogens (tertiary/aromatic N) is 1. The molecule has 1 N–H and O–H groups in total. The van der Waals surface area contributed by atoms with Gasteiger partial charge in [-0.3, -0.25) is 4.79 Å². The Labute approximate surface area is 84.6 Å². The van der Waals surface area contributed by atoms with E-state index in [4.69, 9.17) is 0 Å². The molecular formula is C11H16N2O. The molecule has 3 heteroatoms. The van der Waals surface area contributed by atoms with Crippen LogP contribution < -0.4 is 5.43 Å². The Bertz CT molecular complexity index is 324. The van der Waals surface area contributed by atoms with E-state index in [0.717, 1.165) is 18.6 Å². The third-order valence-electron chi connectivity index (χ3n) is 2.20. The molecular weight excluding hydrogens is 176 g/mol. The molecule has 0 aliphatic heterocycles. The second-order valence-electron chi connectivity index (χ2n) is 3.57. The fraction of sp³-hybridized carbons (Fsp3) is 0.455. The van der Waals surface area contributed by atoms with Gasteiger partial charge in [0.15, 0.2) is 0 Å². The standard InChI is InChI=1S/C11H16N2O/c1-8-4-6-11(7-5-8)9(2)12-13-10(3)14/h4,6H,5,7H2,1-3H3,(H,13,14)/b12-9+. The predicted molar refractivity (Wildman–Crippen MR) is 58.0 cm³/mol. The average molecular weight is 192 g/mol. The minimum Gasteiger partial charge on any atom is -0.274 e. The van der Waals surface area contributed by atoms with Crippen LogP contribution in [0.5, 0.6) is 0 Å². The minimum absolute atomic E-state index is 0.132. The van der Waals surface area contributed by atoms with Gasteiger partial charge in [-0.1, -0.05) is 17.7 Å². The van der Waals surface area contributed by atoms with Crippen molar-refractivity contribution in [2.45, 2.75) is 33.6 Å². The second-order valence-corrected chi connectivity index (χ2v) is 3.57. The van der Waals surface area contributed by atoms with Gasteiger partial charge in [0, 0.05) is 6.92 Å². The molecule has 0 unspecified atom stereocenters. The highest BCUT2D eigenvalue weighted by Gasteiger charge is 2.06. The normalized spacial score (nSPS) is 17.2. The Morgan fingerprint density at radius 3 is 2.57 bits per heavy atom. The molecule has 0 saturated carbocycles. The number of carbonyl (C=O) groups excluding carboxylic acids is 1. The van der Waals surface area contributed by atoms with Gasteiger partial charge >= 0.3 is 0 Å². The summed E-state index contributed by atoms with van der Waals surface area (Å²) in [7, 11) is 0. The number of hydrazone groups is 1. The van der Waals surface area contributed by atoms with Crippen molar-refractivity contribution in [3.63, 3.8) is 0 Å². The maximum atomic E-state index is 10.6. The van der Waals surface area contributed by atoms with E-state index in [2.05, 4.69) is 29.6 Å². The van der Waals surface area contributed by atoms with Crippen molar-refractivity contribution in [2.24, 2.45) is 5.10 Å². The monoisotopic (exact) mass is 192 g/mol. The Kier molecular flexibility index (Phi) is 3.63. The van der Waals surface area contributed by atoms with Crippen LogP contribution in [0.2, 0.25) is 0 Å². The number of hydrogen-bond acceptors (Lipinski definition) is 2. The minimum atomic E-state index is -0.132. The maximum absolute atomic E-state index is 10.6. The van der Waals surface area contributed by atoms with Gasteiger partial charge in [0.25, 0.3) is 0 Å². The van der Waals surface area contributed by atoms with Gasteiger partial charge in [0.1, 0.15) is 0 Å². The van der Waals surface area contributed by atoms with Gasteiger partial charge in [0.05, 0.1) is 5.71 Å². The largest absolute Gasteiger partial charge is 0.274 e. The predicted octanol–water partition coefficient (Wildman–Crippen LogP) is 2.16. The number of rotatable bonds is 2. The molecule has 3 nitrogen and oxygen atoms in total. The van der Waals surface area contributed by atoms with Crippen LogP contribution >= 0.6 is 0 Å². The summed E-state index contributed by atoms with van der Waals surface area (Å²) in [6, 6.07) is 0. The molecule has 0 aromatic heterocycles. The lowest BCUT2D eigenvalue weighted by atomic mass is 9.97. The molecule has 0 atom stereocenters. The lowest BCUT2D eigenvalue weighted by Crippen LogP contribution is -2.15. The van der Waals surface area contributed by atoms with Gasteiger partial charge in [0.2, 0.25) is 5.91 Å². The van der Waals surface area contributed by atoms with E-state index >= 15 is 0 Å². The Hall–Kier alpha value is -1.38. The first kappa shape index (κ1) is 10.7. The zero-order valence-corrected chi connectivity index (χ0v) is 8.92. The number of allylic oxidation sites excluding steroid dienone is 4. The van der Waals surface area contributed by atoms with E-state index in [9.17, 15) is 4.79 Å². The van der Waals surface area contributed by atoms with Crippen molar-refractivity contribution in [3.8, 4) is 0 Å². The molecule has 0 bridgehead atoms. The number of amides is 1. The molecule has 0 aromatic rings. The van der Waals surface area contributed by atoms with Gasteiger partial charge in [-0.15, -0.1) is 0 Å². The number of carbonyl (C=O) groups is 1. The Balaban J connectivity index is 2.65. The number of nitrogens with one attached hydrogen (secondary N) is 1. The van der Waals surface area contributed by atoms with E-state index < -0.39 is 0 Å². The van der Waals surface area contributed by atoms with E-state index in [-0.39, 0.29) is 5.91 Å². The Morgan fingerprint density at radius 1 is 1.36 bits per heavy atom. The SMILES string of the molecule is CC(=O)N/N=C(\C)C1=CC=C(C)CC1. The van der Waals surface area contributed by atoms with Crippen molar-refractivity contribution in [2.75, 3.05) is 0 Å². The molecule has 0 heterocycles. The first-order valence-corrected chi connectivity index (χ1v) is 4.77. The first-order valence-electron chi connectivity index (χ1n) is 4.77. The molecule has 1 aliphatic rings. The molecule has 0 radical (unpaired) electrons. The number of hydrogen-bond donors (Lipinski definition) is 1. The van der Waals surface area contributed by atoms with Crippen molar-refractivity contribution < 1.29 is 4.79 Å². The highest BCUT2D eigenvalue weighted by atomic mass is 16.2. The third kappa shape index (κ3) is 3.17. The zero-order valence-electron chi connectivity index (χ0n) is 8.92. The topological polar surface area (TPSA) is 41.5 Å². The van der Waals surface area contributed by atoms with Crippen LogP contribution in [0.4, 0.5) is 0 Å². The van der Waals surface area contributed by atoms with Crippen LogP contribution in [-0.2, 0) is 4.79 Å². The molecule has 0 fully saturated rings. The zero-order chi connectivity index (χ0) is 10.6. The van der Waals surface area contributed by atoms with E-state index in [1.54, 1.807) is 0 Å². The van der Waals surface area contributed by atoms with Gasteiger partial charge in [-0.2, -0.15) is 5.10 Å². The molecule has 14 heavy (non-hydrogen) atoms. The first-order chi connectivity index (χ1) is 6.59. The summed E-state index contributed by atoms with van der Waals surface area (Å²) >= 11 is 0. The van der Waals surface area contributed by atoms with Crippen LogP contribution in [0.15, 0.2) is 28.4 Å². The molecule has 1 rings (SSSR count). The van der Waals surface area contributed by atoms with Crippen LogP contribution in [0.3, 0.4) is 0 Å².